The Labute approximate surface area is 238 Å². The van der Waals surface area contributed by atoms with Crippen LogP contribution in [-0.2, 0) is 0 Å². The Morgan fingerprint density at radius 1 is 0.974 bits per heavy atom. The highest BCUT2D eigenvalue weighted by Gasteiger charge is 2.25. The fourth-order valence-electron chi connectivity index (χ4n) is 4.44. The molecular weight excluding hydrogens is 534 g/mol. The molecule has 0 aliphatic heterocycles. The summed E-state index contributed by atoms with van der Waals surface area (Å²) in [5.74, 6) is -0.00581. The molecule has 0 saturated heterocycles. The lowest BCUT2D eigenvalue weighted by Gasteiger charge is -2.22. The van der Waals surface area contributed by atoms with Gasteiger partial charge in [-0.25, -0.2) is 9.67 Å². The van der Waals surface area contributed by atoms with Crippen LogP contribution in [0.15, 0.2) is 72.1 Å². The zero-order valence-corrected chi connectivity index (χ0v) is 24.3. The van der Waals surface area contributed by atoms with Gasteiger partial charge in [0.25, 0.3) is 5.91 Å². The molecule has 0 aliphatic carbocycles. The number of halogens is 1. The third kappa shape index (κ3) is 5.83. The number of rotatable bonds is 10. The van der Waals surface area contributed by atoms with Crippen molar-refractivity contribution in [3.63, 3.8) is 0 Å². The van der Waals surface area contributed by atoms with Crippen LogP contribution in [0.5, 0.6) is 0 Å². The van der Waals surface area contributed by atoms with Crippen molar-refractivity contribution < 1.29 is 4.79 Å². The molecule has 5 rings (SSSR count). The van der Waals surface area contributed by atoms with Gasteiger partial charge in [0, 0.05) is 22.9 Å². The third-order valence-corrected chi connectivity index (χ3v) is 8.51. The highest BCUT2D eigenvalue weighted by atomic mass is 35.5. The van der Waals surface area contributed by atoms with Gasteiger partial charge in [-0.3, -0.25) is 9.69 Å². The van der Waals surface area contributed by atoms with Crippen LogP contribution in [0, 0.1) is 6.92 Å². The van der Waals surface area contributed by atoms with Crippen molar-refractivity contribution in [2.24, 2.45) is 0 Å². The predicted molar refractivity (Wildman–Crippen MR) is 163 cm³/mol. The van der Waals surface area contributed by atoms with Crippen LogP contribution < -0.4 is 4.90 Å². The number of aryl methyl sites for hydroxylation is 1. The number of anilines is 1. The van der Waals surface area contributed by atoms with E-state index in [0.29, 0.717) is 11.4 Å². The normalized spacial score (nSPS) is 11.2. The van der Waals surface area contributed by atoms with Gasteiger partial charge in [0.15, 0.2) is 5.13 Å². The first-order chi connectivity index (χ1) is 18.1. The van der Waals surface area contributed by atoms with Gasteiger partial charge in [-0.1, -0.05) is 62.4 Å². The Balaban J connectivity index is 0.00000336. The molecule has 0 atom stereocenters. The summed E-state index contributed by atoms with van der Waals surface area (Å²) in [5, 5.41) is 8.53. The van der Waals surface area contributed by atoms with E-state index < -0.39 is 0 Å². The van der Waals surface area contributed by atoms with E-state index in [-0.39, 0.29) is 18.3 Å². The van der Waals surface area contributed by atoms with E-state index in [1.54, 1.807) is 0 Å². The lowest BCUT2D eigenvalue weighted by molar-refractivity contribution is 0.0989. The molecule has 38 heavy (non-hydrogen) atoms. The van der Waals surface area contributed by atoms with E-state index in [9.17, 15) is 4.79 Å². The molecule has 0 radical (unpaired) electrons. The van der Waals surface area contributed by atoms with Crippen molar-refractivity contribution in [2.45, 2.75) is 27.2 Å². The van der Waals surface area contributed by atoms with Crippen molar-refractivity contribution in [1.82, 2.24) is 19.7 Å². The molecule has 3 heterocycles. The number of benzene rings is 2. The van der Waals surface area contributed by atoms with Gasteiger partial charge < -0.3 is 4.90 Å². The first-order valence-corrected chi connectivity index (χ1v) is 14.4. The van der Waals surface area contributed by atoms with E-state index >= 15 is 0 Å². The number of amides is 1. The molecular formula is C29H32ClN5OS2. The Morgan fingerprint density at radius 3 is 2.34 bits per heavy atom. The minimum atomic E-state index is -0.00581. The van der Waals surface area contributed by atoms with Gasteiger partial charge in [0.1, 0.15) is 4.83 Å². The fraction of sp³-hybridized carbons (Fsp3) is 0.276. The van der Waals surface area contributed by atoms with Gasteiger partial charge in [-0.05, 0) is 51.2 Å². The van der Waals surface area contributed by atoms with Gasteiger partial charge in [-0.2, -0.15) is 5.10 Å². The summed E-state index contributed by atoms with van der Waals surface area (Å²) in [5.41, 5.74) is 3.86. The zero-order chi connectivity index (χ0) is 25.8. The van der Waals surface area contributed by atoms with Crippen molar-refractivity contribution in [1.29, 1.82) is 0 Å². The van der Waals surface area contributed by atoms with E-state index in [1.165, 1.54) is 22.7 Å². The molecule has 0 N–H and O–H groups in total. The lowest BCUT2D eigenvalue weighted by Crippen LogP contribution is -2.34. The monoisotopic (exact) mass is 565 g/mol. The van der Waals surface area contributed by atoms with Crippen LogP contribution in [0.1, 0.15) is 35.6 Å². The minimum Gasteiger partial charge on any atom is -0.304 e. The number of thiophene rings is 1. The van der Waals surface area contributed by atoms with Gasteiger partial charge >= 0.3 is 0 Å². The second-order valence-electron chi connectivity index (χ2n) is 8.88. The van der Waals surface area contributed by atoms with Crippen molar-refractivity contribution >= 4 is 56.3 Å². The molecule has 0 aliphatic rings. The zero-order valence-electron chi connectivity index (χ0n) is 21.8. The van der Waals surface area contributed by atoms with Crippen LogP contribution in [0.25, 0.3) is 27.2 Å². The summed E-state index contributed by atoms with van der Waals surface area (Å²) in [6, 6.07) is 22.2. The lowest BCUT2D eigenvalue weighted by atomic mass is 10.2. The first-order valence-electron chi connectivity index (χ1n) is 12.7. The molecule has 3 aromatic heterocycles. The van der Waals surface area contributed by atoms with Gasteiger partial charge in [0.2, 0.25) is 0 Å². The molecule has 0 bridgehead atoms. The van der Waals surface area contributed by atoms with E-state index in [4.69, 9.17) is 10.1 Å². The Bertz CT molecular complexity index is 1470. The van der Waals surface area contributed by atoms with Crippen LogP contribution in [-0.4, -0.2) is 51.8 Å². The summed E-state index contributed by atoms with van der Waals surface area (Å²) in [6.45, 7) is 9.93. The summed E-state index contributed by atoms with van der Waals surface area (Å²) < 4.78 is 1.94. The summed E-state index contributed by atoms with van der Waals surface area (Å²) in [7, 11) is 0. The minimum absolute atomic E-state index is 0. The molecule has 1 amide bonds. The van der Waals surface area contributed by atoms with Crippen LogP contribution in [0.2, 0.25) is 0 Å². The number of thiazole rings is 1. The molecule has 0 fully saturated rings. The second-order valence-corrected chi connectivity index (χ2v) is 10.7. The number of hydrogen-bond acceptors (Lipinski definition) is 6. The first kappa shape index (κ1) is 28.0. The molecule has 0 spiro atoms. The molecule has 0 unspecified atom stereocenters. The average Bonchev–Trinajstić information content (AvgIpc) is 3.67. The van der Waals surface area contributed by atoms with Gasteiger partial charge in [-0.15, -0.1) is 35.1 Å². The number of carbonyl (C=O) groups excluding carboxylic acids is 1. The molecule has 2 aromatic carbocycles. The van der Waals surface area contributed by atoms with Crippen LogP contribution in [0.3, 0.4) is 0 Å². The van der Waals surface area contributed by atoms with E-state index in [2.05, 4.69) is 30.9 Å². The van der Waals surface area contributed by atoms with Crippen molar-refractivity contribution in [2.75, 3.05) is 31.1 Å². The largest absolute Gasteiger partial charge is 0.304 e. The maximum atomic E-state index is 14.0. The average molecular weight is 566 g/mol. The number of aromatic nitrogens is 3. The standard InChI is InChI=1S/C29H31N5OS2.ClH/c1-4-32(5-2)17-12-18-33(29-30-25(20-36-29)22-13-8-6-9-14-22)27(35)26-19-24-21(3)31-34(28(24)37-26)23-15-10-7-11-16-23;/h6-11,13-16,19-20H,4-5,12,17-18H2,1-3H3;1H. The molecule has 5 aromatic rings. The number of carbonyl (C=O) groups is 1. The van der Waals surface area contributed by atoms with Crippen LogP contribution >= 0.6 is 35.1 Å². The summed E-state index contributed by atoms with van der Waals surface area (Å²) in [6.07, 6.45) is 0.884. The number of para-hydroxylation sites is 1. The third-order valence-electron chi connectivity index (χ3n) is 6.54. The summed E-state index contributed by atoms with van der Waals surface area (Å²) in [4.78, 5) is 24.8. The Hall–Kier alpha value is -3.04. The number of nitrogens with zero attached hydrogens (tertiary/aromatic N) is 5. The quantitative estimate of drug-likeness (QED) is 0.178. The van der Waals surface area contributed by atoms with E-state index in [1.807, 2.05) is 76.5 Å². The van der Waals surface area contributed by atoms with E-state index in [0.717, 1.165) is 64.0 Å². The molecule has 6 nitrogen and oxygen atoms in total. The smallest absolute Gasteiger partial charge is 0.270 e. The maximum absolute atomic E-state index is 14.0. The Morgan fingerprint density at radius 2 is 1.66 bits per heavy atom. The van der Waals surface area contributed by atoms with Crippen LogP contribution in [0.4, 0.5) is 5.13 Å². The SMILES string of the molecule is CCN(CC)CCCN(C(=O)c1cc2c(C)nn(-c3ccccc3)c2s1)c1nc(-c2ccccc2)cs1.Cl. The fourth-order valence-corrected chi connectivity index (χ4v) is 6.43. The number of hydrogen-bond donors (Lipinski definition) is 0. The van der Waals surface area contributed by atoms with Gasteiger partial charge in [0.05, 0.1) is 22.0 Å². The molecule has 198 valence electrons. The Kier molecular flexibility index (Phi) is 9.33. The highest BCUT2D eigenvalue weighted by Crippen LogP contribution is 2.34. The van der Waals surface area contributed by atoms with Crippen molar-refractivity contribution in [3.05, 3.63) is 82.7 Å². The van der Waals surface area contributed by atoms with Crippen molar-refractivity contribution in [3.8, 4) is 16.9 Å². The topological polar surface area (TPSA) is 54.3 Å². The molecule has 9 heteroatoms. The molecule has 0 saturated carbocycles. The maximum Gasteiger partial charge on any atom is 0.270 e. The second kappa shape index (κ2) is 12.7. The predicted octanol–water partition coefficient (Wildman–Crippen LogP) is 7.32. The number of fused-ring (bicyclic) bond motifs is 1. The summed E-state index contributed by atoms with van der Waals surface area (Å²) >= 11 is 3.02. The highest BCUT2D eigenvalue weighted by molar-refractivity contribution is 7.20.